The minimum atomic E-state index is 0.389. The third-order valence-electron chi connectivity index (χ3n) is 1.59. The van der Waals surface area contributed by atoms with Gasteiger partial charge in [-0.15, -0.1) is 0 Å². The van der Waals surface area contributed by atoms with Crippen LogP contribution in [0.25, 0.3) is 0 Å². The van der Waals surface area contributed by atoms with Crippen LogP contribution in [0.15, 0.2) is 4.52 Å². The van der Waals surface area contributed by atoms with E-state index in [4.69, 9.17) is 9.26 Å². The first-order valence-corrected chi connectivity index (χ1v) is 4.79. The maximum absolute atomic E-state index is 5.32. The van der Waals surface area contributed by atoms with Gasteiger partial charge in [-0.05, 0) is 6.92 Å². The van der Waals surface area contributed by atoms with E-state index in [-0.39, 0.29) is 0 Å². The van der Waals surface area contributed by atoms with Crippen molar-refractivity contribution in [1.29, 1.82) is 0 Å². The molecule has 0 unspecified atom stereocenters. The van der Waals surface area contributed by atoms with Gasteiger partial charge in [-0.3, -0.25) is 0 Å². The third-order valence-corrected chi connectivity index (χ3v) is 1.59. The number of nitrogens with one attached hydrogen (secondary N) is 1. The van der Waals surface area contributed by atoms with Crippen LogP contribution in [0.2, 0.25) is 0 Å². The molecule has 1 rings (SSSR count). The van der Waals surface area contributed by atoms with E-state index in [9.17, 15) is 0 Å². The van der Waals surface area contributed by atoms with Crippen LogP contribution in [-0.4, -0.2) is 29.3 Å². The minimum Gasteiger partial charge on any atom is -0.370 e. The molecule has 5 nitrogen and oxygen atoms in total. The van der Waals surface area contributed by atoms with Crippen LogP contribution in [0.3, 0.4) is 0 Å². The normalized spacial score (nSPS) is 11.1. The van der Waals surface area contributed by atoms with E-state index in [1.807, 2.05) is 0 Å². The van der Waals surface area contributed by atoms with E-state index < -0.39 is 0 Å². The molecule has 0 atom stereocenters. The lowest BCUT2D eigenvalue weighted by Crippen LogP contribution is -2.26. The molecule has 0 bridgehead atoms. The summed E-state index contributed by atoms with van der Waals surface area (Å²) in [5.41, 5.74) is 0. The average Bonchev–Trinajstić information content (AvgIpc) is 2.50. The second-order valence-electron chi connectivity index (χ2n) is 3.40. The van der Waals surface area contributed by atoms with Crippen molar-refractivity contribution in [1.82, 2.24) is 15.5 Å². The number of rotatable bonds is 6. The molecule has 0 amide bonds. The van der Waals surface area contributed by atoms with Gasteiger partial charge in [-0.2, -0.15) is 4.98 Å². The zero-order valence-corrected chi connectivity index (χ0v) is 8.91. The molecule has 80 valence electrons. The van der Waals surface area contributed by atoms with Gasteiger partial charge in [0, 0.05) is 12.6 Å². The molecule has 0 saturated heterocycles. The lowest BCUT2D eigenvalue weighted by Gasteiger charge is -2.06. The lowest BCUT2D eigenvalue weighted by atomic mass is 10.4. The summed E-state index contributed by atoms with van der Waals surface area (Å²) in [6.07, 6.45) is 0. The van der Waals surface area contributed by atoms with E-state index in [2.05, 4.69) is 29.3 Å². The monoisotopic (exact) mass is 199 g/mol. The highest BCUT2D eigenvalue weighted by molar-refractivity contribution is 4.79. The Bertz CT molecular complexity index is 260. The van der Waals surface area contributed by atoms with Crippen LogP contribution in [0, 0.1) is 6.92 Å². The van der Waals surface area contributed by atoms with Crippen molar-refractivity contribution in [2.75, 3.05) is 13.2 Å². The van der Waals surface area contributed by atoms with Crippen molar-refractivity contribution in [3.63, 3.8) is 0 Å². The summed E-state index contributed by atoms with van der Waals surface area (Å²) in [5.74, 6) is 1.18. The number of ether oxygens (including phenoxy) is 1. The molecule has 1 aromatic heterocycles. The van der Waals surface area contributed by atoms with Gasteiger partial charge in [0.1, 0.15) is 6.61 Å². The number of nitrogens with zero attached hydrogens (tertiary/aromatic N) is 2. The zero-order valence-electron chi connectivity index (χ0n) is 8.91. The van der Waals surface area contributed by atoms with E-state index in [1.54, 1.807) is 6.92 Å². The first kappa shape index (κ1) is 11.1. The van der Waals surface area contributed by atoms with Crippen LogP contribution >= 0.6 is 0 Å². The van der Waals surface area contributed by atoms with Crippen molar-refractivity contribution in [3.05, 3.63) is 11.7 Å². The van der Waals surface area contributed by atoms with Gasteiger partial charge in [-0.1, -0.05) is 19.0 Å². The Morgan fingerprint density at radius 3 is 2.86 bits per heavy atom. The number of hydrogen-bond acceptors (Lipinski definition) is 5. The molecular formula is C9H17N3O2. The van der Waals surface area contributed by atoms with Gasteiger partial charge in [0.05, 0.1) is 6.61 Å². The maximum Gasteiger partial charge on any atom is 0.252 e. The van der Waals surface area contributed by atoms with E-state index in [1.165, 1.54) is 0 Å². The summed E-state index contributed by atoms with van der Waals surface area (Å²) in [6, 6.07) is 0.490. The van der Waals surface area contributed by atoms with Crippen molar-refractivity contribution in [3.8, 4) is 0 Å². The molecule has 0 aliphatic carbocycles. The van der Waals surface area contributed by atoms with Crippen LogP contribution in [0.4, 0.5) is 0 Å². The highest BCUT2D eigenvalue weighted by Gasteiger charge is 2.01. The summed E-state index contributed by atoms with van der Waals surface area (Å²) in [4.78, 5) is 4.02. The maximum atomic E-state index is 5.32. The number of aryl methyl sites for hydroxylation is 1. The molecule has 0 aromatic carbocycles. The molecule has 5 heteroatoms. The predicted octanol–water partition coefficient (Wildman–Crippen LogP) is 0.893. The van der Waals surface area contributed by atoms with Gasteiger partial charge in [0.15, 0.2) is 5.82 Å². The van der Waals surface area contributed by atoms with Crippen LogP contribution in [0.5, 0.6) is 0 Å². The fourth-order valence-corrected chi connectivity index (χ4v) is 0.978. The Balaban J connectivity index is 2.04. The third kappa shape index (κ3) is 4.34. The molecular weight excluding hydrogens is 182 g/mol. The molecule has 0 radical (unpaired) electrons. The Morgan fingerprint density at radius 1 is 1.50 bits per heavy atom. The Kier molecular flexibility index (Phi) is 4.55. The van der Waals surface area contributed by atoms with Gasteiger partial charge >= 0.3 is 0 Å². The fraction of sp³-hybridized carbons (Fsp3) is 0.778. The molecule has 14 heavy (non-hydrogen) atoms. The van der Waals surface area contributed by atoms with Gasteiger partial charge in [-0.25, -0.2) is 0 Å². The Labute approximate surface area is 83.8 Å². The highest BCUT2D eigenvalue weighted by atomic mass is 16.5. The number of hydrogen-bond donors (Lipinski definition) is 1. The van der Waals surface area contributed by atoms with Crippen LogP contribution in [-0.2, 0) is 11.3 Å². The van der Waals surface area contributed by atoms with Crippen molar-refractivity contribution in [2.45, 2.75) is 33.4 Å². The second kappa shape index (κ2) is 5.72. The summed E-state index contributed by atoms with van der Waals surface area (Å²) in [7, 11) is 0. The first-order chi connectivity index (χ1) is 6.68. The molecule has 1 aromatic rings. The first-order valence-electron chi connectivity index (χ1n) is 4.79. The van der Waals surface area contributed by atoms with Crippen LogP contribution in [0.1, 0.15) is 25.6 Å². The smallest absolute Gasteiger partial charge is 0.252 e. The molecule has 1 N–H and O–H groups in total. The van der Waals surface area contributed by atoms with Gasteiger partial charge in [0.2, 0.25) is 0 Å². The summed E-state index contributed by atoms with van der Waals surface area (Å²) in [5, 5.41) is 6.91. The molecule has 0 spiro atoms. The quantitative estimate of drug-likeness (QED) is 0.689. The minimum absolute atomic E-state index is 0.389. The topological polar surface area (TPSA) is 60.2 Å². The predicted molar refractivity (Wildman–Crippen MR) is 51.8 cm³/mol. The van der Waals surface area contributed by atoms with Crippen molar-refractivity contribution >= 4 is 0 Å². The Morgan fingerprint density at radius 2 is 2.29 bits per heavy atom. The van der Waals surface area contributed by atoms with E-state index in [0.717, 1.165) is 6.54 Å². The Hall–Kier alpha value is -0.940. The van der Waals surface area contributed by atoms with Crippen molar-refractivity contribution in [2.24, 2.45) is 0 Å². The zero-order chi connectivity index (χ0) is 10.4. The molecule has 0 aliphatic heterocycles. The summed E-state index contributed by atoms with van der Waals surface area (Å²) < 4.78 is 10.2. The summed E-state index contributed by atoms with van der Waals surface area (Å²) >= 11 is 0. The average molecular weight is 199 g/mol. The van der Waals surface area contributed by atoms with E-state index in [0.29, 0.717) is 31.0 Å². The molecule has 0 saturated carbocycles. The molecule has 1 heterocycles. The SMILES string of the molecule is Cc1noc(COCCNC(C)C)n1. The van der Waals surface area contributed by atoms with Crippen LogP contribution < -0.4 is 5.32 Å². The summed E-state index contributed by atoms with van der Waals surface area (Å²) in [6.45, 7) is 7.86. The molecule has 0 fully saturated rings. The largest absolute Gasteiger partial charge is 0.370 e. The molecule has 0 aliphatic rings. The van der Waals surface area contributed by atoms with Crippen molar-refractivity contribution < 1.29 is 9.26 Å². The lowest BCUT2D eigenvalue weighted by molar-refractivity contribution is 0.0984. The van der Waals surface area contributed by atoms with Gasteiger partial charge in [0.25, 0.3) is 5.89 Å². The second-order valence-corrected chi connectivity index (χ2v) is 3.40. The van der Waals surface area contributed by atoms with E-state index >= 15 is 0 Å². The number of aromatic nitrogens is 2. The standard InChI is InChI=1S/C9H17N3O2/c1-7(2)10-4-5-13-6-9-11-8(3)12-14-9/h7,10H,4-6H2,1-3H3. The highest BCUT2D eigenvalue weighted by Crippen LogP contribution is 1.97. The van der Waals surface area contributed by atoms with Gasteiger partial charge < -0.3 is 14.6 Å². The fourth-order valence-electron chi connectivity index (χ4n) is 0.978.